The van der Waals surface area contributed by atoms with Crippen LogP contribution in [0.4, 0.5) is 0 Å². The highest BCUT2D eigenvalue weighted by Crippen LogP contribution is 2.21. The highest BCUT2D eigenvalue weighted by atomic mass is 16.5. The molecule has 0 atom stereocenters. The normalized spacial score (nSPS) is 10.8. The third kappa shape index (κ3) is 2.79. The molecular formula is C15H16N4O2. The molecule has 6 nitrogen and oxygen atoms in total. The summed E-state index contributed by atoms with van der Waals surface area (Å²) >= 11 is 0. The molecule has 0 aliphatic heterocycles. The number of imidazole rings is 1. The zero-order valence-electron chi connectivity index (χ0n) is 12.0. The van der Waals surface area contributed by atoms with Crippen molar-refractivity contribution in [3.63, 3.8) is 0 Å². The Kier molecular flexibility index (Phi) is 3.68. The van der Waals surface area contributed by atoms with Crippen molar-refractivity contribution in [2.45, 2.75) is 12.8 Å². The molecule has 0 spiro atoms. The molecule has 0 fully saturated rings. The Morgan fingerprint density at radius 3 is 2.71 bits per heavy atom. The van der Waals surface area contributed by atoms with E-state index in [2.05, 4.69) is 19.9 Å². The van der Waals surface area contributed by atoms with Gasteiger partial charge in [0.25, 0.3) is 0 Å². The molecule has 0 unspecified atom stereocenters. The Morgan fingerprint density at radius 2 is 1.90 bits per heavy atom. The summed E-state index contributed by atoms with van der Waals surface area (Å²) in [7, 11) is 3.28. The minimum Gasteiger partial charge on any atom is -0.497 e. The van der Waals surface area contributed by atoms with E-state index >= 15 is 0 Å². The Balaban J connectivity index is 1.78. The first kappa shape index (κ1) is 13.4. The lowest BCUT2D eigenvalue weighted by atomic mass is 10.2. The van der Waals surface area contributed by atoms with Crippen molar-refractivity contribution in [2.24, 2.45) is 0 Å². The second-order valence-corrected chi connectivity index (χ2v) is 4.58. The average Bonchev–Trinajstić information content (AvgIpc) is 2.96. The fourth-order valence-electron chi connectivity index (χ4n) is 2.19. The van der Waals surface area contributed by atoms with Gasteiger partial charge in [0.15, 0.2) is 5.65 Å². The first-order valence-corrected chi connectivity index (χ1v) is 6.66. The fourth-order valence-corrected chi connectivity index (χ4v) is 2.19. The summed E-state index contributed by atoms with van der Waals surface area (Å²) in [5, 5.41) is 0. The Morgan fingerprint density at radius 1 is 1.05 bits per heavy atom. The first-order chi connectivity index (χ1) is 10.3. The molecule has 0 saturated heterocycles. The lowest BCUT2D eigenvalue weighted by Crippen LogP contribution is -1.96. The van der Waals surface area contributed by atoms with Crippen LogP contribution in [0.25, 0.3) is 11.2 Å². The summed E-state index contributed by atoms with van der Waals surface area (Å²) in [6, 6.07) is 5.58. The summed E-state index contributed by atoms with van der Waals surface area (Å²) in [5.74, 6) is 2.43. The van der Waals surface area contributed by atoms with E-state index in [1.165, 1.54) is 0 Å². The van der Waals surface area contributed by atoms with Gasteiger partial charge in [-0.05, 0) is 12.5 Å². The molecule has 0 amide bonds. The molecule has 3 rings (SSSR count). The van der Waals surface area contributed by atoms with Gasteiger partial charge >= 0.3 is 0 Å². The van der Waals surface area contributed by atoms with E-state index in [0.717, 1.165) is 41.4 Å². The van der Waals surface area contributed by atoms with E-state index in [-0.39, 0.29) is 0 Å². The number of aromatic amines is 1. The lowest BCUT2D eigenvalue weighted by molar-refractivity contribution is 0.413. The van der Waals surface area contributed by atoms with Crippen LogP contribution in [0.5, 0.6) is 11.5 Å². The zero-order chi connectivity index (χ0) is 14.7. The van der Waals surface area contributed by atoms with Gasteiger partial charge in [0.05, 0.1) is 14.2 Å². The molecule has 0 aromatic carbocycles. The number of H-pyrrole nitrogens is 1. The van der Waals surface area contributed by atoms with Crippen LogP contribution in [0.2, 0.25) is 0 Å². The van der Waals surface area contributed by atoms with Crippen molar-refractivity contribution in [3.05, 3.63) is 42.1 Å². The van der Waals surface area contributed by atoms with Crippen LogP contribution < -0.4 is 9.47 Å². The standard InChI is InChI=1S/C15H16N4O2/c1-20-11-5-7-16-10(9-11)3-4-13-18-14-12(21-2)6-8-17-15(14)19-13/h5-9H,3-4H2,1-2H3,(H,17,18,19). The van der Waals surface area contributed by atoms with Crippen LogP contribution >= 0.6 is 0 Å². The van der Waals surface area contributed by atoms with Gasteiger partial charge in [-0.2, -0.15) is 0 Å². The van der Waals surface area contributed by atoms with Gasteiger partial charge < -0.3 is 14.5 Å². The van der Waals surface area contributed by atoms with E-state index in [1.54, 1.807) is 26.6 Å². The largest absolute Gasteiger partial charge is 0.497 e. The predicted molar refractivity (Wildman–Crippen MR) is 78.6 cm³/mol. The second kappa shape index (κ2) is 5.78. The number of hydrogen-bond acceptors (Lipinski definition) is 5. The lowest BCUT2D eigenvalue weighted by Gasteiger charge is -2.02. The summed E-state index contributed by atoms with van der Waals surface area (Å²) in [6.07, 6.45) is 4.96. The highest BCUT2D eigenvalue weighted by Gasteiger charge is 2.09. The van der Waals surface area contributed by atoms with E-state index in [9.17, 15) is 0 Å². The number of ether oxygens (including phenoxy) is 2. The molecule has 0 saturated carbocycles. The second-order valence-electron chi connectivity index (χ2n) is 4.58. The maximum atomic E-state index is 5.29. The Bertz CT molecular complexity index is 754. The van der Waals surface area contributed by atoms with E-state index in [0.29, 0.717) is 5.65 Å². The van der Waals surface area contributed by atoms with Crippen LogP contribution in [0, 0.1) is 0 Å². The maximum absolute atomic E-state index is 5.29. The molecule has 0 radical (unpaired) electrons. The number of fused-ring (bicyclic) bond motifs is 1. The van der Waals surface area contributed by atoms with Crippen molar-refractivity contribution < 1.29 is 9.47 Å². The molecule has 6 heteroatoms. The number of hydrogen-bond donors (Lipinski definition) is 1. The summed E-state index contributed by atoms with van der Waals surface area (Å²) in [6.45, 7) is 0. The van der Waals surface area contributed by atoms with Gasteiger partial charge in [-0.3, -0.25) is 4.98 Å². The van der Waals surface area contributed by atoms with Gasteiger partial charge in [-0.1, -0.05) is 0 Å². The third-order valence-corrected chi connectivity index (χ3v) is 3.26. The van der Waals surface area contributed by atoms with Crippen LogP contribution in [0.3, 0.4) is 0 Å². The van der Waals surface area contributed by atoms with Crippen molar-refractivity contribution >= 4 is 11.2 Å². The molecule has 3 aromatic rings. The minimum absolute atomic E-state index is 0.669. The maximum Gasteiger partial charge on any atom is 0.181 e. The molecule has 21 heavy (non-hydrogen) atoms. The number of nitrogens with one attached hydrogen (secondary N) is 1. The molecule has 3 heterocycles. The van der Waals surface area contributed by atoms with Crippen LogP contribution in [0.1, 0.15) is 11.5 Å². The Labute approximate surface area is 122 Å². The number of aromatic nitrogens is 4. The number of aryl methyl sites for hydroxylation is 2. The Hall–Kier alpha value is -2.63. The fraction of sp³-hybridized carbons (Fsp3) is 0.267. The van der Waals surface area contributed by atoms with E-state index in [1.807, 2.05) is 18.2 Å². The molecule has 1 N–H and O–H groups in total. The average molecular weight is 284 g/mol. The molecule has 0 aliphatic carbocycles. The van der Waals surface area contributed by atoms with Crippen molar-refractivity contribution in [2.75, 3.05) is 14.2 Å². The van der Waals surface area contributed by atoms with Gasteiger partial charge in [0, 0.05) is 36.6 Å². The zero-order valence-corrected chi connectivity index (χ0v) is 12.0. The van der Waals surface area contributed by atoms with Gasteiger partial charge in [-0.15, -0.1) is 0 Å². The topological polar surface area (TPSA) is 72.9 Å². The quantitative estimate of drug-likeness (QED) is 0.777. The number of nitrogens with zero attached hydrogens (tertiary/aromatic N) is 3. The van der Waals surface area contributed by atoms with Crippen molar-refractivity contribution in [3.8, 4) is 11.5 Å². The van der Waals surface area contributed by atoms with Crippen LogP contribution in [0.15, 0.2) is 30.6 Å². The monoisotopic (exact) mass is 284 g/mol. The molecular weight excluding hydrogens is 268 g/mol. The minimum atomic E-state index is 0.669. The number of pyridine rings is 2. The molecule has 0 aliphatic rings. The summed E-state index contributed by atoms with van der Waals surface area (Å²) in [5.41, 5.74) is 2.46. The summed E-state index contributed by atoms with van der Waals surface area (Å²) < 4.78 is 10.5. The van der Waals surface area contributed by atoms with E-state index < -0.39 is 0 Å². The van der Waals surface area contributed by atoms with Crippen molar-refractivity contribution in [1.29, 1.82) is 0 Å². The van der Waals surface area contributed by atoms with Gasteiger partial charge in [0.2, 0.25) is 0 Å². The third-order valence-electron chi connectivity index (χ3n) is 3.26. The van der Waals surface area contributed by atoms with Crippen LogP contribution in [-0.4, -0.2) is 34.2 Å². The molecule has 108 valence electrons. The smallest absolute Gasteiger partial charge is 0.181 e. The molecule has 3 aromatic heterocycles. The van der Waals surface area contributed by atoms with Gasteiger partial charge in [0.1, 0.15) is 22.8 Å². The van der Waals surface area contributed by atoms with E-state index in [4.69, 9.17) is 9.47 Å². The highest BCUT2D eigenvalue weighted by molar-refractivity contribution is 5.77. The number of methoxy groups -OCH3 is 2. The van der Waals surface area contributed by atoms with Crippen molar-refractivity contribution in [1.82, 2.24) is 19.9 Å². The van der Waals surface area contributed by atoms with Crippen LogP contribution in [-0.2, 0) is 12.8 Å². The predicted octanol–water partition coefficient (Wildman–Crippen LogP) is 2.16. The number of rotatable bonds is 5. The SMILES string of the molecule is COc1ccnc(CCc2nc3nccc(OC)c3[nH]2)c1. The molecule has 0 bridgehead atoms. The summed E-state index contributed by atoms with van der Waals surface area (Å²) in [4.78, 5) is 16.3. The first-order valence-electron chi connectivity index (χ1n) is 6.66. The van der Waals surface area contributed by atoms with Gasteiger partial charge in [-0.25, -0.2) is 9.97 Å².